The average molecular weight is 188 g/mol. The summed E-state index contributed by atoms with van der Waals surface area (Å²) in [6, 6.07) is 2.00. The quantitative estimate of drug-likeness (QED) is 0.632. The summed E-state index contributed by atoms with van der Waals surface area (Å²) in [5.41, 5.74) is 5.06. The Kier molecular flexibility index (Phi) is 2.21. The van der Waals surface area contributed by atoms with Gasteiger partial charge < -0.3 is 10.0 Å². The molecule has 1 aromatic rings. The minimum Gasteiger partial charge on any atom is -0.423 e. The zero-order valence-corrected chi connectivity index (χ0v) is 8.41. The first-order valence-electron chi connectivity index (χ1n) is 4.77. The summed E-state index contributed by atoms with van der Waals surface area (Å²) in [6.45, 7) is 3.97. The molecule has 0 fully saturated rings. The maximum atomic E-state index is 9.29. The predicted molar refractivity (Wildman–Crippen MR) is 58.5 cm³/mol. The SMILES string of the molecule is Cc1cc(C)c(B(O)O)c2c1C=CC2. The fourth-order valence-electron chi connectivity index (χ4n) is 2.21. The van der Waals surface area contributed by atoms with Crippen molar-refractivity contribution in [1.82, 2.24) is 0 Å². The highest BCUT2D eigenvalue weighted by atomic mass is 16.4. The van der Waals surface area contributed by atoms with Crippen LogP contribution < -0.4 is 5.46 Å². The molecule has 1 aliphatic rings. The van der Waals surface area contributed by atoms with Gasteiger partial charge in [0.05, 0.1) is 0 Å². The highest BCUT2D eigenvalue weighted by molar-refractivity contribution is 6.60. The summed E-state index contributed by atoms with van der Waals surface area (Å²) in [7, 11) is -1.36. The molecule has 0 amide bonds. The standard InChI is InChI=1S/C11H13BO2/c1-7-6-8(2)11(12(13)14)10-5-3-4-9(7)10/h3-4,6,13-14H,5H2,1-2H3. The molecule has 2 nitrogen and oxygen atoms in total. The van der Waals surface area contributed by atoms with E-state index >= 15 is 0 Å². The normalized spacial score (nSPS) is 13.1. The Balaban J connectivity index is 2.69. The van der Waals surface area contributed by atoms with Crippen LogP contribution in [0, 0.1) is 13.8 Å². The second kappa shape index (κ2) is 3.26. The van der Waals surface area contributed by atoms with Crippen LogP contribution in [0.25, 0.3) is 6.08 Å². The average Bonchev–Trinajstić information content (AvgIpc) is 2.51. The second-order valence-corrected chi connectivity index (χ2v) is 3.80. The molecule has 2 rings (SSSR count). The van der Waals surface area contributed by atoms with Crippen LogP contribution in [-0.2, 0) is 6.42 Å². The zero-order valence-electron chi connectivity index (χ0n) is 8.41. The Morgan fingerprint density at radius 2 is 1.93 bits per heavy atom. The number of benzene rings is 1. The van der Waals surface area contributed by atoms with Crippen molar-refractivity contribution < 1.29 is 10.0 Å². The Morgan fingerprint density at radius 1 is 1.21 bits per heavy atom. The fraction of sp³-hybridized carbons (Fsp3) is 0.273. The Morgan fingerprint density at radius 3 is 2.57 bits per heavy atom. The largest absolute Gasteiger partial charge is 0.489 e. The van der Waals surface area contributed by atoms with Crippen LogP contribution in [0.5, 0.6) is 0 Å². The lowest BCUT2D eigenvalue weighted by Crippen LogP contribution is -2.35. The molecule has 0 unspecified atom stereocenters. The van der Waals surface area contributed by atoms with Crippen LogP contribution in [0.4, 0.5) is 0 Å². The van der Waals surface area contributed by atoms with Crippen LogP contribution in [0.3, 0.4) is 0 Å². The molecule has 72 valence electrons. The van der Waals surface area contributed by atoms with Gasteiger partial charge in [0.1, 0.15) is 0 Å². The summed E-state index contributed by atoms with van der Waals surface area (Å²) in [5.74, 6) is 0. The molecule has 0 saturated carbocycles. The van der Waals surface area contributed by atoms with E-state index in [0.717, 1.165) is 23.1 Å². The molecule has 0 radical (unpaired) electrons. The van der Waals surface area contributed by atoms with Crippen molar-refractivity contribution in [3.63, 3.8) is 0 Å². The smallest absolute Gasteiger partial charge is 0.423 e. The minimum atomic E-state index is -1.36. The summed E-state index contributed by atoms with van der Waals surface area (Å²) in [5, 5.41) is 18.6. The van der Waals surface area contributed by atoms with E-state index in [1.54, 1.807) is 0 Å². The Labute approximate surface area is 84.0 Å². The first-order chi connectivity index (χ1) is 6.61. The number of fused-ring (bicyclic) bond motifs is 1. The molecule has 0 atom stereocenters. The van der Waals surface area contributed by atoms with Crippen molar-refractivity contribution >= 4 is 18.7 Å². The highest BCUT2D eigenvalue weighted by Gasteiger charge is 2.22. The molecule has 0 saturated heterocycles. The molecule has 1 aliphatic carbocycles. The van der Waals surface area contributed by atoms with Crippen molar-refractivity contribution in [1.29, 1.82) is 0 Å². The van der Waals surface area contributed by atoms with E-state index in [2.05, 4.69) is 19.1 Å². The van der Waals surface area contributed by atoms with Crippen molar-refractivity contribution in [2.75, 3.05) is 0 Å². The number of hydrogen-bond acceptors (Lipinski definition) is 2. The van der Waals surface area contributed by atoms with Crippen molar-refractivity contribution in [3.05, 3.63) is 34.4 Å². The molecule has 0 aromatic heterocycles. The third-order valence-corrected chi connectivity index (χ3v) is 2.80. The fourth-order valence-corrected chi connectivity index (χ4v) is 2.21. The number of aryl methyl sites for hydroxylation is 2. The van der Waals surface area contributed by atoms with Crippen LogP contribution in [0.15, 0.2) is 12.1 Å². The summed E-state index contributed by atoms with van der Waals surface area (Å²) in [4.78, 5) is 0. The summed E-state index contributed by atoms with van der Waals surface area (Å²) < 4.78 is 0. The van der Waals surface area contributed by atoms with Crippen LogP contribution in [0.2, 0.25) is 0 Å². The van der Waals surface area contributed by atoms with Gasteiger partial charge in [0.2, 0.25) is 0 Å². The van der Waals surface area contributed by atoms with Gasteiger partial charge in [-0.05, 0) is 42.4 Å². The van der Waals surface area contributed by atoms with Crippen molar-refractivity contribution in [3.8, 4) is 0 Å². The number of allylic oxidation sites excluding steroid dienone is 1. The monoisotopic (exact) mass is 188 g/mol. The third kappa shape index (κ3) is 1.29. The predicted octanol–water partition coefficient (Wildman–Crippen LogP) is 0.553. The van der Waals surface area contributed by atoms with E-state index in [4.69, 9.17) is 0 Å². The van der Waals surface area contributed by atoms with E-state index in [9.17, 15) is 10.0 Å². The van der Waals surface area contributed by atoms with Gasteiger partial charge in [-0.15, -0.1) is 0 Å². The van der Waals surface area contributed by atoms with Crippen molar-refractivity contribution in [2.45, 2.75) is 20.3 Å². The molecule has 0 heterocycles. The molecule has 0 aliphatic heterocycles. The van der Waals surface area contributed by atoms with Gasteiger partial charge in [0.25, 0.3) is 0 Å². The van der Waals surface area contributed by atoms with Crippen molar-refractivity contribution in [2.24, 2.45) is 0 Å². The lowest BCUT2D eigenvalue weighted by Gasteiger charge is -2.13. The van der Waals surface area contributed by atoms with Gasteiger partial charge in [0, 0.05) is 0 Å². The lowest BCUT2D eigenvalue weighted by molar-refractivity contribution is 0.425. The Bertz CT molecular complexity index is 408. The molecule has 0 spiro atoms. The molecule has 0 bridgehead atoms. The van der Waals surface area contributed by atoms with Crippen LogP contribution in [0.1, 0.15) is 22.3 Å². The van der Waals surface area contributed by atoms with Gasteiger partial charge in [-0.2, -0.15) is 0 Å². The van der Waals surface area contributed by atoms with Crippen LogP contribution in [-0.4, -0.2) is 17.2 Å². The summed E-state index contributed by atoms with van der Waals surface area (Å²) in [6.07, 6.45) is 4.92. The maximum absolute atomic E-state index is 9.29. The molecular formula is C11H13BO2. The van der Waals surface area contributed by atoms with Gasteiger partial charge in [-0.1, -0.05) is 23.8 Å². The van der Waals surface area contributed by atoms with E-state index in [1.807, 2.05) is 13.0 Å². The number of rotatable bonds is 1. The molecule has 3 heteroatoms. The van der Waals surface area contributed by atoms with Gasteiger partial charge >= 0.3 is 7.12 Å². The van der Waals surface area contributed by atoms with E-state index < -0.39 is 7.12 Å². The lowest BCUT2D eigenvalue weighted by atomic mass is 9.72. The van der Waals surface area contributed by atoms with Gasteiger partial charge in [-0.3, -0.25) is 0 Å². The van der Waals surface area contributed by atoms with Gasteiger partial charge in [0.15, 0.2) is 0 Å². The molecule has 14 heavy (non-hydrogen) atoms. The van der Waals surface area contributed by atoms with E-state index in [-0.39, 0.29) is 0 Å². The minimum absolute atomic E-state index is 0.676. The second-order valence-electron chi connectivity index (χ2n) is 3.80. The van der Waals surface area contributed by atoms with Gasteiger partial charge in [-0.25, -0.2) is 0 Å². The molecule has 2 N–H and O–H groups in total. The number of hydrogen-bond donors (Lipinski definition) is 2. The van der Waals surface area contributed by atoms with Crippen LogP contribution >= 0.6 is 0 Å². The first-order valence-corrected chi connectivity index (χ1v) is 4.77. The van der Waals surface area contributed by atoms with E-state index in [0.29, 0.717) is 5.46 Å². The molecular weight excluding hydrogens is 175 g/mol. The highest BCUT2D eigenvalue weighted by Crippen LogP contribution is 2.23. The third-order valence-electron chi connectivity index (χ3n) is 2.80. The first kappa shape index (κ1) is 9.50. The topological polar surface area (TPSA) is 40.5 Å². The molecule has 1 aromatic carbocycles. The van der Waals surface area contributed by atoms with E-state index in [1.165, 1.54) is 5.56 Å². The summed E-state index contributed by atoms with van der Waals surface area (Å²) >= 11 is 0. The zero-order chi connectivity index (χ0) is 10.3. The maximum Gasteiger partial charge on any atom is 0.489 e. The Hall–Kier alpha value is -1.06.